The van der Waals surface area contributed by atoms with Crippen LogP contribution in [0.2, 0.25) is 0 Å². The lowest BCUT2D eigenvalue weighted by molar-refractivity contribution is -0.115. The Bertz CT molecular complexity index is 702. The smallest absolute Gasteiger partial charge is 0.185 e. The summed E-state index contributed by atoms with van der Waals surface area (Å²) in [5.74, 6) is 0.672. The van der Waals surface area contributed by atoms with Crippen molar-refractivity contribution in [3.8, 4) is 11.5 Å². The molecule has 146 valence electrons. The molecule has 0 amide bonds. The zero-order valence-corrected chi connectivity index (χ0v) is 15.5. The average molecular weight is 372 g/mol. The highest BCUT2D eigenvalue weighted by atomic mass is 16.5. The van der Waals surface area contributed by atoms with E-state index >= 15 is 0 Å². The molecule has 0 spiro atoms. The first-order chi connectivity index (χ1) is 13.3. The van der Waals surface area contributed by atoms with E-state index in [-0.39, 0.29) is 12.2 Å². The Hall–Kier alpha value is -1.80. The Labute approximate surface area is 159 Å². The van der Waals surface area contributed by atoms with Crippen molar-refractivity contribution in [1.82, 2.24) is 20.8 Å². The first kappa shape index (κ1) is 18.6. The van der Waals surface area contributed by atoms with Crippen LogP contribution in [0.3, 0.4) is 0 Å². The van der Waals surface area contributed by atoms with Gasteiger partial charge < -0.3 is 25.0 Å². The van der Waals surface area contributed by atoms with Crippen molar-refractivity contribution in [3.05, 3.63) is 36.2 Å². The SMILES string of the molecule is O[C@H]1CC[C@@H](Cc2cc(-c3ccccn3)on2)O[C@@H]1CNC1CCNCC1. The maximum absolute atomic E-state index is 10.3. The standard InChI is InChI=1S/C20H28N4O3/c25-18-5-4-16(26-20(18)13-23-14-6-9-21-10-7-14)11-15-12-19(27-24-15)17-3-1-2-8-22-17/h1-3,8,12,14,16,18,20-21,23,25H,4-7,9-11,13H2/t16-,18-,20+/m0/s1. The Morgan fingerprint density at radius 3 is 2.89 bits per heavy atom. The maximum atomic E-state index is 10.3. The van der Waals surface area contributed by atoms with Crippen molar-refractivity contribution in [2.75, 3.05) is 19.6 Å². The van der Waals surface area contributed by atoms with Crippen LogP contribution in [0.15, 0.2) is 35.0 Å². The molecule has 0 aliphatic carbocycles. The molecule has 2 aromatic heterocycles. The second-order valence-corrected chi connectivity index (χ2v) is 7.48. The number of hydrogen-bond acceptors (Lipinski definition) is 7. The van der Waals surface area contributed by atoms with E-state index < -0.39 is 6.10 Å². The van der Waals surface area contributed by atoms with Gasteiger partial charge in [-0.25, -0.2) is 0 Å². The zero-order valence-electron chi connectivity index (χ0n) is 15.5. The number of piperidine rings is 1. The minimum atomic E-state index is -0.406. The predicted octanol–water partition coefficient (Wildman–Crippen LogP) is 1.53. The molecule has 0 bridgehead atoms. The van der Waals surface area contributed by atoms with Crippen molar-refractivity contribution < 1.29 is 14.4 Å². The van der Waals surface area contributed by atoms with Crippen LogP contribution in [0, 0.1) is 0 Å². The van der Waals surface area contributed by atoms with E-state index in [1.54, 1.807) is 6.20 Å². The van der Waals surface area contributed by atoms with Crippen LogP contribution in [0.4, 0.5) is 0 Å². The fourth-order valence-corrected chi connectivity index (χ4v) is 3.86. The van der Waals surface area contributed by atoms with Crippen LogP contribution < -0.4 is 10.6 Å². The molecule has 27 heavy (non-hydrogen) atoms. The summed E-state index contributed by atoms with van der Waals surface area (Å²) in [5.41, 5.74) is 1.64. The van der Waals surface area contributed by atoms with Crippen LogP contribution in [0.1, 0.15) is 31.4 Å². The molecule has 0 radical (unpaired) electrons. The van der Waals surface area contributed by atoms with Crippen LogP contribution in [-0.4, -0.2) is 59.2 Å². The molecule has 7 nitrogen and oxygen atoms in total. The van der Waals surface area contributed by atoms with Crippen molar-refractivity contribution in [1.29, 1.82) is 0 Å². The molecule has 0 saturated carbocycles. The van der Waals surface area contributed by atoms with Gasteiger partial charge in [-0.15, -0.1) is 0 Å². The Kier molecular flexibility index (Phi) is 6.14. The van der Waals surface area contributed by atoms with Gasteiger partial charge in [0.1, 0.15) is 5.69 Å². The molecule has 0 aromatic carbocycles. The van der Waals surface area contributed by atoms with E-state index in [0.29, 0.717) is 24.8 Å². The van der Waals surface area contributed by atoms with Crippen LogP contribution in [-0.2, 0) is 11.2 Å². The van der Waals surface area contributed by atoms with Gasteiger partial charge >= 0.3 is 0 Å². The van der Waals surface area contributed by atoms with Crippen molar-refractivity contribution >= 4 is 0 Å². The molecule has 2 aliphatic rings. The number of rotatable bonds is 6. The largest absolute Gasteiger partial charge is 0.390 e. The number of nitrogens with one attached hydrogen (secondary N) is 2. The van der Waals surface area contributed by atoms with E-state index in [1.807, 2.05) is 24.3 Å². The number of aliphatic hydroxyl groups excluding tert-OH is 1. The van der Waals surface area contributed by atoms with Gasteiger partial charge in [-0.1, -0.05) is 11.2 Å². The van der Waals surface area contributed by atoms with Gasteiger partial charge in [-0.3, -0.25) is 4.98 Å². The lowest BCUT2D eigenvalue weighted by Crippen LogP contribution is -2.49. The van der Waals surface area contributed by atoms with Crippen LogP contribution in [0.25, 0.3) is 11.5 Å². The minimum absolute atomic E-state index is 0.0508. The van der Waals surface area contributed by atoms with Crippen LogP contribution >= 0.6 is 0 Å². The molecule has 2 saturated heterocycles. The summed E-state index contributed by atoms with van der Waals surface area (Å²) in [6, 6.07) is 8.15. The first-order valence-corrected chi connectivity index (χ1v) is 9.92. The number of pyridine rings is 1. The molecule has 3 atom stereocenters. The molecular formula is C20H28N4O3. The number of aliphatic hydroxyl groups is 1. The fourth-order valence-electron chi connectivity index (χ4n) is 3.86. The summed E-state index contributed by atoms with van der Waals surface area (Å²) < 4.78 is 11.6. The normalized spacial score (nSPS) is 26.9. The summed E-state index contributed by atoms with van der Waals surface area (Å²) in [7, 11) is 0. The van der Waals surface area contributed by atoms with Crippen LogP contribution in [0.5, 0.6) is 0 Å². The Balaban J connectivity index is 1.31. The molecule has 2 fully saturated rings. The highest BCUT2D eigenvalue weighted by Crippen LogP contribution is 2.24. The molecular weight excluding hydrogens is 344 g/mol. The van der Waals surface area contributed by atoms with E-state index in [9.17, 15) is 5.11 Å². The van der Waals surface area contributed by atoms with Crippen molar-refractivity contribution in [2.45, 2.75) is 56.5 Å². The Morgan fingerprint density at radius 1 is 1.19 bits per heavy atom. The number of aromatic nitrogens is 2. The van der Waals surface area contributed by atoms with Crippen molar-refractivity contribution in [3.63, 3.8) is 0 Å². The topological polar surface area (TPSA) is 92.4 Å². The lowest BCUT2D eigenvalue weighted by Gasteiger charge is -2.35. The number of ether oxygens (including phenoxy) is 1. The van der Waals surface area contributed by atoms with Gasteiger partial charge in [0.05, 0.1) is 24.0 Å². The van der Waals surface area contributed by atoms with E-state index in [0.717, 1.165) is 50.2 Å². The first-order valence-electron chi connectivity index (χ1n) is 9.92. The van der Waals surface area contributed by atoms with Gasteiger partial charge in [0.15, 0.2) is 5.76 Å². The van der Waals surface area contributed by atoms with Gasteiger partial charge in [0, 0.05) is 31.3 Å². The van der Waals surface area contributed by atoms with E-state index in [2.05, 4.69) is 20.8 Å². The molecule has 4 rings (SSSR count). The summed E-state index contributed by atoms with van der Waals surface area (Å²) in [6.45, 7) is 2.80. The monoisotopic (exact) mass is 372 g/mol. The van der Waals surface area contributed by atoms with Gasteiger partial charge in [0.25, 0.3) is 0 Å². The molecule has 7 heteroatoms. The highest BCUT2D eigenvalue weighted by Gasteiger charge is 2.31. The average Bonchev–Trinajstić information content (AvgIpc) is 3.18. The van der Waals surface area contributed by atoms with Gasteiger partial charge in [-0.05, 0) is 50.9 Å². The summed E-state index contributed by atoms with van der Waals surface area (Å²) in [4.78, 5) is 4.29. The van der Waals surface area contributed by atoms with Crippen molar-refractivity contribution in [2.24, 2.45) is 0 Å². The number of hydrogen-bond donors (Lipinski definition) is 3. The summed E-state index contributed by atoms with van der Waals surface area (Å²) in [5, 5.41) is 21.4. The third kappa shape index (κ3) is 4.93. The molecule has 3 N–H and O–H groups in total. The summed E-state index contributed by atoms with van der Waals surface area (Å²) >= 11 is 0. The summed E-state index contributed by atoms with van der Waals surface area (Å²) in [6.07, 6.45) is 5.75. The number of nitrogens with zero attached hydrogens (tertiary/aromatic N) is 2. The lowest BCUT2D eigenvalue weighted by atomic mass is 9.97. The Morgan fingerprint density at radius 2 is 2.07 bits per heavy atom. The molecule has 4 heterocycles. The quantitative estimate of drug-likeness (QED) is 0.708. The van der Waals surface area contributed by atoms with E-state index in [1.165, 1.54) is 0 Å². The molecule has 2 aliphatic heterocycles. The molecule has 0 unspecified atom stereocenters. The van der Waals surface area contributed by atoms with E-state index in [4.69, 9.17) is 9.26 Å². The third-order valence-corrected chi connectivity index (χ3v) is 5.44. The van der Waals surface area contributed by atoms with Gasteiger partial charge in [0.2, 0.25) is 0 Å². The van der Waals surface area contributed by atoms with Gasteiger partial charge in [-0.2, -0.15) is 0 Å². The minimum Gasteiger partial charge on any atom is -0.390 e. The predicted molar refractivity (Wildman–Crippen MR) is 101 cm³/mol. The third-order valence-electron chi connectivity index (χ3n) is 5.44. The second kappa shape index (κ2) is 8.93. The highest BCUT2D eigenvalue weighted by molar-refractivity contribution is 5.51. The fraction of sp³-hybridized carbons (Fsp3) is 0.600. The maximum Gasteiger partial charge on any atom is 0.185 e. The zero-order chi connectivity index (χ0) is 18.5. The second-order valence-electron chi connectivity index (χ2n) is 7.48. The molecule has 2 aromatic rings.